The van der Waals surface area contributed by atoms with Crippen molar-refractivity contribution in [1.29, 1.82) is 0 Å². The number of carbonyl (C=O) groups excluding carboxylic acids is 1. The van der Waals surface area contributed by atoms with Crippen LogP contribution in [0.5, 0.6) is 11.5 Å². The number of aromatic nitrogens is 1. The fraction of sp³-hybridized carbons (Fsp3) is 0.304. The molecule has 2 aromatic carbocycles. The zero-order chi connectivity index (χ0) is 20.2. The number of thiazole rings is 1. The molecule has 0 saturated carbocycles. The highest BCUT2D eigenvalue weighted by Gasteiger charge is 2.16. The number of rotatable bonds is 7. The third-order valence-electron chi connectivity index (χ3n) is 5.20. The van der Waals surface area contributed by atoms with E-state index in [1.807, 2.05) is 30.3 Å². The van der Waals surface area contributed by atoms with Gasteiger partial charge in [-0.25, -0.2) is 4.98 Å². The van der Waals surface area contributed by atoms with Crippen LogP contribution in [-0.4, -0.2) is 17.7 Å². The van der Waals surface area contributed by atoms with E-state index in [4.69, 9.17) is 14.5 Å². The van der Waals surface area contributed by atoms with Gasteiger partial charge in [0.05, 0.1) is 5.69 Å². The number of hydrogen-bond acceptors (Lipinski definition) is 5. The highest BCUT2D eigenvalue weighted by Crippen LogP contribution is 2.37. The van der Waals surface area contributed by atoms with Gasteiger partial charge in [-0.05, 0) is 36.6 Å². The van der Waals surface area contributed by atoms with Gasteiger partial charge in [0.2, 0.25) is 12.7 Å². The monoisotopic (exact) mass is 408 g/mol. The topological polar surface area (TPSA) is 60.5 Å². The standard InChI is InChI=1S/C23H24N2O3S/c1-3-16(4-2)22(26)24-12-15-5-7-17(8-6-15)23-25-19(13-29-23)18-9-10-20-21(11-18)28-14-27-20/h5-11,13,16H,3-4,12,14H2,1-2H3,(H,24,26). The first-order chi connectivity index (χ1) is 14.2. The van der Waals surface area contributed by atoms with Crippen molar-refractivity contribution >= 4 is 17.2 Å². The Bertz CT molecular complexity index is 994. The summed E-state index contributed by atoms with van der Waals surface area (Å²) in [5, 5.41) is 6.05. The van der Waals surface area contributed by atoms with E-state index >= 15 is 0 Å². The Morgan fingerprint density at radius 2 is 1.79 bits per heavy atom. The van der Waals surface area contributed by atoms with Gasteiger partial charge >= 0.3 is 0 Å². The Balaban J connectivity index is 1.43. The smallest absolute Gasteiger partial charge is 0.231 e. The van der Waals surface area contributed by atoms with Crippen molar-refractivity contribution in [3.8, 4) is 33.3 Å². The van der Waals surface area contributed by atoms with E-state index in [1.165, 1.54) is 0 Å². The molecule has 5 nitrogen and oxygen atoms in total. The molecule has 0 saturated heterocycles. The third kappa shape index (κ3) is 4.27. The van der Waals surface area contributed by atoms with Crippen molar-refractivity contribution in [3.05, 3.63) is 53.4 Å². The van der Waals surface area contributed by atoms with Crippen LogP contribution >= 0.6 is 11.3 Å². The third-order valence-corrected chi connectivity index (χ3v) is 6.09. The molecule has 1 N–H and O–H groups in total. The van der Waals surface area contributed by atoms with Gasteiger partial charge in [-0.3, -0.25) is 4.79 Å². The summed E-state index contributed by atoms with van der Waals surface area (Å²) in [6.07, 6.45) is 1.74. The number of carbonyl (C=O) groups is 1. The Kier molecular flexibility index (Phi) is 5.81. The zero-order valence-electron chi connectivity index (χ0n) is 16.6. The van der Waals surface area contributed by atoms with Crippen LogP contribution in [0, 0.1) is 5.92 Å². The second-order valence-electron chi connectivity index (χ2n) is 7.03. The average molecular weight is 409 g/mol. The summed E-state index contributed by atoms with van der Waals surface area (Å²) in [5.74, 6) is 1.76. The molecule has 150 valence electrons. The summed E-state index contributed by atoms with van der Waals surface area (Å²) in [7, 11) is 0. The summed E-state index contributed by atoms with van der Waals surface area (Å²) in [6, 6.07) is 14.1. The Morgan fingerprint density at radius 3 is 2.55 bits per heavy atom. The number of nitrogens with zero attached hydrogens (tertiary/aromatic N) is 1. The molecule has 1 aromatic heterocycles. The molecular formula is C23H24N2O3S. The SMILES string of the molecule is CCC(CC)C(=O)NCc1ccc(-c2nc(-c3ccc4c(c3)OCO4)cs2)cc1. The Labute approximate surface area is 174 Å². The molecule has 2 heterocycles. The van der Waals surface area contributed by atoms with Crippen molar-refractivity contribution in [2.24, 2.45) is 5.92 Å². The molecule has 3 aromatic rings. The first kappa shape index (κ1) is 19.5. The van der Waals surface area contributed by atoms with Crippen LogP contribution in [0.2, 0.25) is 0 Å². The molecule has 1 amide bonds. The molecule has 4 rings (SSSR count). The second kappa shape index (κ2) is 8.66. The lowest BCUT2D eigenvalue weighted by Gasteiger charge is -2.12. The van der Waals surface area contributed by atoms with Crippen molar-refractivity contribution in [2.75, 3.05) is 6.79 Å². The fourth-order valence-electron chi connectivity index (χ4n) is 3.35. The Morgan fingerprint density at radius 1 is 1.07 bits per heavy atom. The minimum atomic E-state index is 0.0965. The van der Waals surface area contributed by atoms with E-state index in [0.717, 1.165) is 51.7 Å². The van der Waals surface area contributed by atoms with E-state index in [-0.39, 0.29) is 18.6 Å². The molecule has 0 atom stereocenters. The van der Waals surface area contributed by atoms with Crippen molar-refractivity contribution < 1.29 is 14.3 Å². The zero-order valence-corrected chi connectivity index (χ0v) is 17.4. The van der Waals surface area contributed by atoms with Crippen LogP contribution in [-0.2, 0) is 11.3 Å². The maximum absolute atomic E-state index is 12.1. The highest BCUT2D eigenvalue weighted by molar-refractivity contribution is 7.13. The molecule has 6 heteroatoms. The van der Waals surface area contributed by atoms with E-state index in [1.54, 1.807) is 11.3 Å². The first-order valence-electron chi connectivity index (χ1n) is 9.90. The lowest BCUT2D eigenvalue weighted by molar-refractivity contribution is -0.125. The number of benzene rings is 2. The van der Waals surface area contributed by atoms with E-state index in [0.29, 0.717) is 6.54 Å². The van der Waals surface area contributed by atoms with Crippen molar-refractivity contribution in [1.82, 2.24) is 10.3 Å². The first-order valence-corrected chi connectivity index (χ1v) is 10.8. The van der Waals surface area contributed by atoms with Crippen molar-refractivity contribution in [3.63, 3.8) is 0 Å². The van der Waals surface area contributed by atoms with Gasteiger partial charge in [-0.2, -0.15) is 0 Å². The van der Waals surface area contributed by atoms with Gasteiger partial charge in [0.1, 0.15) is 5.01 Å². The second-order valence-corrected chi connectivity index (χ2v) is 7.89. The minimum absolute atomic E-state index is 0.0965. The molecule has 0 bridgehead atoms. The van der Waals surface area contributed by atoms with Crippen LogP contribution < -0.4 is 14.8 Å². The van der Waals surface area contributed by atoms with Crippen LogP contribution in [0.15, 0.2) is 47.8 Å². The average Bonchev–Trinajstić information content (AvgIpc) is 3.42. The maximum Gasteiger partial charge on any atom is 0.231 e. The van der Waals surface area contributed by atoms with Gasteiger partial charge in [-0.15, -0.1) is 11.3 Å². The van der Waals surface area contributed by atoms with E-state index < -0.39 is 0 Å². The largest absolute Gasteiger partial charge is 0.454 e. The van der Waals surface area contributed by atoms with Crippen molar-refractivity contribution in [2.45, 2.75) is 33.2 Å². The van der Waals surface area contributed by atoms with Gasteiger partial charge in [-0.1, -0.05) is 38.1 Å². The molecule has 0 radical (unpaired) electrons. The molecule has 0 aliphatic carbocycles. The molecule has 1 aliphatic rings. The van der Waals surface area contributed by atoms with Crippen LogP contribution in [0.3, 0.4) is 0 Å². The fourth-order valence-corrected chi connectivity index (χ4v) is 4.19. The van der Waals surface area contributed by atoms with Gasteiger partial charge in [0.15, 0.2) is 11.5 Å². The number of fused-ring (bicyclic) bond motifs is 1. The molecule has 1 aliphatic heterocycles. The van der Waals surface area contributed by atoms with Gasteiger partial charge in [0, 0.05) is 29.0 Å². The van der Waals surface area contributed by atoms with Crippen LogP contribution in [0.4, 0.5) is 0 Å². The summed E-state index contributed by atoms with van der Waals surface area (Å²) in [5.41, 5.74) is 4.08. The predicted molar refractivity (Wildman–Crippen MR) is 115 cm³/mol. The molecular weight excluding hydrogens is 384 g/mol. The lowest BCUT2D eigenvalue weighted by atomic mass is 10.0. The number of amides is 1. The van der Waals surface area contributed by atoms with Crippen LogP contribution in [0.1, 0.15) is 32.3 Å². The summed E-state index contributed by atoms with van der Waals surface area (Å²) in [6.45, 7) is 4.92. The predicted octanol–water partition coefficient (Wildman–Crippen LogP) is 5.26. The Hall–Kier alpha value is -2.86. The van der Waals surface area contributed by atoms with Crippen LogP contribution in [0.25, 0.3) is 21.8 Å². The molecule has 0 fully saturated rings. The van der Waals surface area contributed by atoms with Gasteiger partial charge in [0.25, 0.3) is 0 Å². The van der Waals surface area contributed by atoms with Gasteiger partial charge < -0.3 is 14.8 Å². The number of nitrogens with one attached hydrogen (secondary N) is 1. The summed E-state index contributed by atoms with van der Waals surface area (Å²) in [4.78, 5) is 16.9. The lowest BCUT2D eigenvalue weighted by Crippen LogP contribution is -2.29. The molecule has 0 unspecified atom stereocenters. The maximum atomic E-state index is 12.1. The van der Waals surface area contributed by atoms with E-state index in [9.17, 15) is 4.79 Å². The summed E-state index contributed by atoms with van der Waals surface area (Å²) >= 11 is 1.61. The molecule has 29 heavy (non-hydrogen) atoms. The highest BCUT2D eigenvalue weighted by atomic mass is 32.1. The molecule has 0 spiro atoms. The number of ether oxygens (including phenoxy) is 2. The minimum Gasteiger partial charge on any atom is -0.454 e. The quantitative estimate of drug-likeness (QED) is 0.579. The summed E-state index contributed by atoms with van der Waals surface area (Å²) < 4.78 is 10.8. The normalized spacial score (nSPS) is 12.4. The number of hydrogen-bond donors (Lipinski definition) is 1. The van der Waals surface area contributed by atoms with E-state index in [2.05, 4.69) is 36.7 Å².